The number of pyridine rings is 1. The molecule has 8 N–H and O–H groups in total. The molecule has 0 saturated heterocycles. The number of aliphatic carboxylic acids is 1. The Kier molecular flexibility index (Phi) is 10.6. The molecule has 9 nitrogen and oxygen atoms in total. The molecule has 1 heterocycles. The highest BCUT2D eigenvalue weighted by Gasteiger charge is 2.18. The van der Waals surface area contributed by atoms with Crippen LogP contribution in [0.4, 0.5) is 5.82 Å². The van der Waals surface area contributed by atoms with Gasteiger partial charge in [-0.15, -0.1) is 0 Å². The summed E-state index contributed by atoms with van der Waals surface area (Å²) in [6.45, 7) is 4.64. The van der Waals surface area contributed by atoms with Crippen molar-refractivity contribution in [1.82, 2.24) is 10.4 Å². The van der Waals surface area contributed by atoms with E-state index < -0.39 is 11.9 Å². The number of nitrogens with zero attached hydrogens (tertiary/aromatic N) is 2. The number of carboxylic acid groups (broad SMARTS) is 1. The van der Waals surface area contributed by atoms with Gasteiger partial charge in [-0.25, -0.2) is 10.8 Å². The number of hydrogen-bond acceptors (Lipinski definition) is 7. The average molecular weight is 402 g/mol. The first kappa shape index (κ1) is 23.7. The van der Waals surface area contributed by atoms with Crippen molar-refractivity contribution in [3.63, 3.8) is 0 Å². The van der Waals surface area contributed by atoms with Crippen LogP contribution in [-0.4, -0.2) is 27.0 Å². The molecule has 0 spiro atoms. The molecule has 0 aliphatic rings. The molecular formula is C20H30N6O3. The van der Waals surface area contributed by atoms with Crippen LogP contribution in [0.25, 0.3) is 0 Å². The van der Waals surface area contributed by atoms with Crippen molar-refractivity contribution in [3.05, 3.63) is 53.7 Å². The van der Waals surface area contributed by atoms with Crippen molar-refractivity contribution in [1.29, 1.82) is 0 Å². The summed E-state index contributed by atoms with van der Waals surface area (Å²) in [5.74, 6) is 10.2. The zero-order valence-electron chi connectivity index (χ0n) is 16.8. The van der Waals surface area contributed by atoms with Crippen molar-refractivity contribution in [2.45, 2.75) is 39.7 Å². The molecule has 1 aromatic carbocycles. The Hall–Kier alpha value is -3.33. The Bertz CT molecular complexity index is 717. The van der Waals surface area contributed by atoms with Crippen LogP contribution in [0.3, 0.4) is 0 Å². The number of phenols is 1. The molecule has 0 fully saturated rings. The topological polar surface area (TPSA) is 159 Å². The second-order valence-corrected chi connectivity index (χ2v) is 6.49. The van der Waals surface area contributed by atoms with Gasteiger partial charge in [0.2, 0.25) is 0 Å². The summed E-state index contributed by atoms with van der Waals surface area (Å²) >= 11 is 0. The van der Waals surface area contributed by atoms with E-state index in [1.165, 1.54) is 0 Å². The lowest BCUT2D eigenvalue weighted by molar-refractivity contribution is -0.141. The summed E-state index contributed by atoms with van der Waals surface area (Å²) in [4.78, 5) is 14.9. The van der Waals surface area contributed by atoms with Crippen molar-refractivity contribution in [3.8, 4) is 5.75 Å². The van der Waals surface area contributed by atoms with Crippen LogP contribution in [0, 0.1) is 12.8 Å². The first-order valence-corrected chi connectivity index (χ1v) is 9.30. The summed E-state index contributed by atoms with van der Waals surface area (Å²) in [5.41, 5.74) is 4.52. The molecule has 0 amide bonds. The largest absolute Gasteiger partial charge is 0.508 e. The smallest absolute Gasteiger partial charge is 0.306 e. The van der Waals surface area contributed by atoms with E-state index in [0.717, 1.165) is 23.4 Å². The van der Waals surface area contributed by atoms with Crippen molar-refractivity contribution >= 4 is 17.6 Å². The molecule has 0 bridgehead atoms. The molecule has 0 aliphatic carbocycles. The number of phenolic OH excluding ortho intramolecular Hbond substituents is 1. The predicted octanol–water partition coefficient (Wildman–Crippen LogP) is 2.32. The van der Waals surface area contributed by atoms with E-state index in [-0.39, 0.29) is 12.2 Å². The van der Waals surface area contributed by atoms with E-state index in [4.69, 9.17) is 21.9 Å². The standard InChI is InChI=1S/C13H14N2O.C7H16N4O2/c1-10-2-7-13(14-8-10)15-9-11-3-5-12(16)6-4-11;1-2-3-5(7(12)13)4-6(10-8)11-9/h2-8,16H,9H2,1H3,(H,14,15);5H,2-4,8-9H2,1H3,(H,10,11)(H,12,13)/t;5-/m.0/s1. The van der Waals surface area contributed by atoms with Crippen molar-refractivity contribution < 1.29 is 15.0 Å². The fourth-order valence-corrected chi connectivity index (χ4v) is 2.42. The molecule has 2 rings (SSSR count). The maximum Gasteiger partial charge on any atom is 0.306 e. The van der Waals surface area contributed by atoms with E-state index in [0.29, 0.717) is 18.8 Å². The fraction of sp³-hybridized carbons (Fsp3) is 0.350. The van der Waals surface area contributed by atoms with Gasteiger partial charge >= 0.3 is 5.97 Å². The molecule has 29 heavy (non-hydrogen) atoms. The molecule has 1 atom stereocenters. The predicted molar refractivity (Wildman–Crippen MR) is 114 cm³/mol. The molecule has 0 radical (unpaired) electrons. The third kappa shape index (κ3) is 9.43. The van der Waals surface area contributed by atoms with Gasteiger partial charge in [0.1, 0.15) is 17.4 Å². The van der Waals surface area contributed by atoms with Gasteiger partial charge in [0.05, 0.1) is 5.92 Å². The highest BCUT2D eigenvalue weighted by molar-refractivity contribution is 5.85. The number of benzene rings is 1. The second-order valence-electron chi connectivity index (χ2n) is 6.49. The van der Waals surface area contributed by atoms with Gasteiger partial charge in [-0.3, -0.25) is 4.79 Å². The number of aryl methyl sites for hydroxylation is 1. The minimum Gasteiger partial charge on any atom is -0.508 e. The molecule has 0 aliphatic heterocycles. The third-order valence-corrected chi connectivity index (χ3v) is 4.07. The average Bonchev–Trinajstić information content (AvgIpc) is 2.72. The fourth-order valence-electron chi connectivity index (χ4n) is 2.42. The van der Waals surface area contributed by atoms with Gasteiger partial charge < -0.3 is 26.8 Å². The van der Waals surface area contributed by atoms with E-state index in [9.17, 15) is 4.79 Å². The molecule has 2 aromatic rings. The number of rotatable bonds is 8. The Morgan fingerprint density at radius 2 is 1.93 bits per heavy atom. The second kappa shape index (κ2) is 12.9. The van der Waals surface area contributed by atoms with E-state index >= 15 is 0 Å². The Morgan fingerprint density at radius 1 is 1.24 bits per heavy atom. The Morgan fingerprint density at radius 3 is 2.41 bits per heavy atom. The maximum absolute atomic E-state index is 10.7. The first-order chi connectivity index (χ1) is 13.9. The minimum absolute atomic E-state index is 0.246. The SMILES string of the molecule is CCC[C@@H](C/C(=N/N)NN)C(=O)O.Cc1ccc(NCc2ccc(O)cc2)nc1. The van der Waals surface area contributed by atoms with E-state index in [2.05, 4.69) is 20.8 Å². The zero-order chi connectivity index (χ0) is 21.6. The number of carboxylic acids is 1. The molecular weight excluding hydrogens is 372 g/mol. The van der Waals surface area contributed by atoms with E-state index in [1.54, 1.807) is 12.1 Å². The number of aromatic nitrogens is 1. The number of nitrogens with two attached hydrogens (primary N) is 2. The minimum atomic E-state index is -0.849. The molecule has 0 saturated carbocycles. The monoisotopic (exact) mass is 402 g/mol. The highest BCUT2D eigenvalue weighted by atomic mass is 16.4. The van der Waals surface area contributed by atoms with Crippen LogP contribution in [0.2, 0.25) is 0 Å². The molecule has 0 unspecified atom stereocenters. The van der Waals surface area contributed by atoms with Crippen LogP contribution in [0.15, 0.2) is 47.7 Å². The van der Waals surface area contributed by atoms with Gasteiger partial charge in [-0.1, -0.05) is 31.5 Å². The summed E-state index contributed by atoms with van der Waals surface area (Å²) in [6, 6.07) is 11.1. The molecule has 158 valence electrons. The lowest BCUT2D eigenvalue weighted by Gasteiger charge is -2.11. The number of carbonyl (C=O) groups is 1. The van der Waals surface area contributed by atoms with Crippen LogP contribution < -0.4 is 22.4 Å². The zero-order valence-corrected chi connectivity index (χ0v) is 16.8. The Balaban J connectivity index is 0.000000298. The maximum atomic E-state index is 10.7. The normalized spacial score (nSPS) is 11.8. The van der Waals surface area contributed by atoms with E-state index in [1.807, 2.05) is 44.3 Å². The van der Waals surface area contributed by atoms with Crippen molar-refractivity contribution in [2.24, 2.45) is 22.7 Å². The van der Waals surface area contributed by atoms with Gasteiger partial charge in [0.25, 0.3) is 0 Å². The van der Waals surface area contributed by atoms with Gasteiger partial charge in [-0.05, 0) is 42.7 Å². The van der Waals surface area contributed by atoms with Crippen LogP contribution in [0.1, 0.15) is 37.3 Å². The van der Waals surface area contributed by atoms with Crippen molar-refractivity contribution in [2.75, 3.05) is 5.32 Å². The van der Waals surface area contributed by atoms with Gasteiger partial charge in [0.15, 0.2) is 0 Å². The summed E-state index contributed by atoms with van der Waals surface area (Å²) in [6.07, 6.45) is 3.48. The summed E-state index contributed by atoms with van der Waals surface area (Å²) in [7, 11) is 0. The van der Waals surface area contributed by atoms with Crippen LogP contribution in [-0.2, 0) is 11.3 Å². The summed E-state index contributed by atoms with van der Waals surface area (Å²) in [5, 5.41) is 24.5. The molecule has 9 heteroatoms. The quantitative estimate of drug-likeness (QED) is 0.170. The number of anilines is 1. The molecule has 1 aromatic heterocycles. The lowest BCUT2D eigenvalue weighted by Crippen LogP contribution is -2.34. The highest BCUT2D eigenvalue weighted by Crippen LogP contribution is 2.12. The van der Waals surface area contributed by atoms with Crippen LogP contribution in [0.5, 0.6) is 5.75 Å². The number of amidine groups is 1. The number of nitrogens with one attached hydrogen (secondary N) is 2. The number of hydrazine groups is 1. The first-order valence-electron chi connectivity index (χ1n) is 9.30. The summed E-state index contributed by atoms with van der Waals surface area (Å²) < 4.78 is 0. The lowest BCUT2D eigenvalue weighted by atomic mass is 10.00. The number of hydrazone groups is 1. The van der Waals surface area contributed by atoms with Crippen LogP contribution >= 0.6 is 0 Å². The Labute approximate surface area is 170 Å². The number of hydrogen-bond donors (Lipinski definition) is 6. The number of aromatic hydroxyl groups is 1. The van der Waals surface area contributed by atoms with Gasteiger partial charge in [0, 0.05) is 19.2 Å². The third-order valence-electron chi connectivity index (χ3n) is 4.07. The van der Waals surface area contributed by atoms with Gasteiger partial charge in [-0.2, -0.15) is 5.10 Å².